The Bertz CT molecular complexity index is 553. The van der Waals surface area contributed by atoms with Crippen molar-refractivity contribution < 1.29 is 9.13 Å². The van der Waals surface area contributed by atoms with E-state index in [0.29, 0.717) is 5.56 Å². The molecular weight excluding hydrogens is 245 g/mol. The minimum Gasteiger partial charge on any atom is -0.494 e. The molecule has 5 heteroatoms. The minimum atomic E-state index is -0.346. The number of aromatic nitrogens is 2. The molecule has 0 aliphatic carbocycles. The summed E-state index contributed by atoms with van der Waals surface area (Å²) in [5.74, 6) is -0.0991. The minimum absolute atomic E-state index is 0.247. The first-order chi connectivity index (χ1) is 9.17. The van der Waals surface area contributed by atoms with Gasteiger partial charge in [0.2, 0.25) is 0 Å². The molecule has 0 aliphatic heterocycles. The average molecular weight is 263 g/mol. The highest BCUT2D eigenvalue weighted by Gasteiger charge is 2.21. The third kappa shape index (κ3) is 2.76. The summed E-state index contributed by atoms with van der Waals surface area (Å²) in [6, 6.07) is 6.75. The normalized spacial score (nSPS) is 12.4. The van der Waals surface area contributed by atoms with Crippen LogP contribution in [0.3, 0.4) is 0 Å². The number of nitrogens with zero attached hydrogens (tertiary/aromatic N) is 2. The molecular formula is C14H18FN3O. The zero-order chi connectivity index (χ0) is 13.8. The number of rotatable bonds is 5. The van der Waals surface area contributed by atoms with E-state index in [0.717, 1.165) is 12.2 Å². The molecule has 4 nitrogen and oxygen atoms in total. The largest absolute Gasteiger partial charge is 0.494 e. The van der Waals surface area contributed by atoms with Crippen LogP contribution in [-0.2, 0) is 7.05 Å². The van der Waals surface area contributed by atoms with E-state index in [-0.39, 0.29) is 17.6 Å². The number of nitrogens with one attached hydrogen (secondary N) is 1. The van der Waals surface area contributed by atoms with Crippen LogP contribution in [0.5, 0.6) is 5.75 Å². The maximum Gasteiger partial charge on any atom is 0.170 e. The second-order valence-corrected chi connectivity index (χ2v) is 4.27. The Morgan fingerprint density at radius 3 is 2.79 bits per heavy atom. The predicted molar refractivity (Wildman–Crippen MR) is 71.7 cm³/mol. The van der Waals surface area contributed by atoms with E-state index in [1.54, 1.807) is 22.9 Å². The van der Waals surface area contributed by atoms with Gasteiger partial charge in [-0.25, -0.2) is 4.39 Å². The lowest BCUT2D eigenvalue weighted by molar-refractivity contribution is 0.381. The van der Waals surface area contributed by atoms with Crippen LogP contribution in [0.4, 0.5) is 4.39 Å². The number of hydrogen-bond acceptors (Lipinski definition) is 3. The highest BCUT2D eigenvalue weighted by Crippen LogP contribution is 2.28. The summed E-state index contributed by atoms with van der Waals surface area (Å²) in [6.07, 6.45) is 1.84. The van der Waals surface area contributed by atoms with E-state index in [4.69, 9.17) is 4.74 Å². The molecule has 102 valence electrons. The van der Waals surface area contributed by atoms with Crippen molar-refractivity contribution in [3.63, 3.8) is 0 Å². The number of aryl methyl sites for hydroxylation is 1. The van der Waals surface area contributed by atoms with E-state index in [1.165, 1.54) is 7.11 Å². The monoisotopic (exact) mass is 263 g/mol. The lowest BCUT2D eigenvalue weighted by Crippen LogP contribution is -2.23. The molecule has 19 heavy (non-hydrogen) atoms. The van der Waals surface area contributed by atoms with Crippen molar-refractivity contribution >= 4 is 0 Å². The lowest BCUT2D eigenvalue weighted by atomic mass is 10.0. The molecule has 1 unspecified atom stereocenters. The Morgan fingerprint density at radius 1 is 1.42 bits per heavy atom. The van der Waals surface area contributed by atoms with E-state index in [1.807, 2.05) is 26.2 Å². The van der Waals surface area contributed by atoms with Crippen LogP contribution >= 0.6 is 0 Å². The highest BCUT2D eigenvalue weighted by atomic mass is 19.1. The van der Waals surface area contributed by atoms with Gasteiger partial charge < -0.3 is 10.1 Å². The van der Waals surface area contributed by atoms with E-state index >= 15 is 0 Å². The fourth-order valence-corrected chi connectivity index (χ4v) is 2.07. The van der Waals surface area contributed by atoms with Crippen LogP contribution in [0.1, 0.15) is 24.2 Å². The molecule has 0 bridgehead atoms. The van der Waals surface area contributed by atoms with E-state index < -0.39 is 0 Å². The van der Waals surface area contributed by atoms with Crippen LogP contribution in [0.25, 0.3) is 0 Å². The van der Waals surface area contributed by atoms with Gasteiger partial charge in [-0.15, -0.1) is 0 Å². The fraction of sp³-hybridized carbons (Fsp3) is 0.357. The van der Waals surface area contributed by atoms with Gasteiger partial charge in [0.05, 0.1) is 18.8 Å². The van der Waals surface area contributed by atoms with Crippen LogP contribution in [0.2, 0.25) is 0 Å². The van der Waals surface area contributed by atoms with Crippen molar-refractivity contribution in [2.75, 3.05) is 13.7 Å². The number of ether oxygens (including phenoxy) is 1. The molecule has 1 heterocycles. The quantitative estimate of drug-likeness (QED) is 0.899. The Kier molecular flexibility index (Phi) is 4.16. The van der Waals surface area contributed by atoms with Crippen LogP contribution in [0.15, 0.2) is 30.5 Å². The second kappa shape index (κ2) is 5.84. The molecule has 1 N–H and O–H groups in total. The molecule has 0 aliphatic rings. The Balaban J connectivity index is 2.44. The van der Waals surface area contributed by atoms with Gasteiger partial charge in [0.25, 0.3) is 0 Å². The zero-order valence-corrected chi connectivity index (χ0v) is 11.4. The van der Waals surface area contributed by atoms with Crippen LogP contribution < -0.4 is 10.1 Å². The number of benzene rings is 1. The summed E-state index contributed by atoms with van der Waals surface area (Å²) >= 11 is 0. The summed E-state index contributed by atoms with van der Waals surface area (Å²) < 4.78 is 21.1. The first-order valence-electron chi connectivity index (χ1n) is 6.22. The summed E-state index contributed by atoms with van der Waals surface area (Å²) in [5.41, 5.74) is 1.33. The number of hydrogen-bond donors (Lipinski definition) is 1. The molecule has 0 radical (unpaired) electrons. The topological polar surface area (TPSA) is 39.1 Å². The summed E-state index contributed by atoms with van der Waals surface area (Å²) in [5, 5.41) is 7.60. The molecule has 2 rings (SSSR count). The van der Waals surface area contributed by atoms with Gasteiger partial charge in [0, 0.05) is 18.8 Å². The third-order valence-corrected chi connectivity index (χ3v) is 2.96. The zero-order valence-electron chi connectivity index (χ0n) is 11.4. The molecule has 1 aromatic carbocycles. The third-order valence-electron chi connectivity index (χ3n) is 2.96. The van der Waals surface area contributed by atoms with Gasteiger partial charge in [-0.05, 0) is 18.7 Å². The molecule has 0 saturated heterocycles. The maximum absolute atomic E-state index is 14.3. The first-order valence-corrected chi connectivity index (χ1v) is 6.22. The molecule has 0 amide bonds. The summed E-state index contributed by atoms with van der Waals surface area (Å²) in [4.78, 5) is 0. The summed E-state index contributed by atoms with van der Waals surface area (Å²) in [7, 11) is 3.31. The van der Waals surface area contributed by atoms with Gasteiger partial charge in [-0.2, -0.15) is 5.10 Å². The van der Waals surface area contributed by atoms with Gasteiger partial charge in [-0.3, -0.25) is 4.68 Å². The Hall–Kier alpha value is -1.88. The molecule has 1 atom stereocenters. The molecule has 0 saturated carbocycles. The average Bonchev–Trinajstić information content (AvgIpc) is 2.83. The maximum atomic E-state index is 14.3. The van der Waals surface area contributed by atoms with Crippen molar-refractivity contribution in [2.24, 2.45) is 7.05 Å². The lowest BCUT2D eigenvalue weighted by Gasteiger charge is -2.18. The number of methoxy groups -OCH3 is 1. The molecule has 0 fully saturated rings. The molecule has 1 aromatic heterocycles. The Labute approximate surface area is 112 Å². The standard InChI is InChI=1S/C14H18FN3O/c1-4-16-14(11-8-9-18(2)17-11)10-6-5-7-12(19-3)13(10)15/h5-9,14,16H,4H2,1-3H3. The number of halogens is 1. The highest BCUT2D eigenvalue weighted by molar-refractivity contribution is 5.36. The SMILES string of the molecule is CCNC(c1ccn(C)n1)c1cccc(OC)c1F. The van der Waals surface area contributed by atoms with Gasteiger partial charge in [0.15, 0.2) is 11.6 Å². The smallest absolute Gasteiger partial charge is 0.170 e. The molecule has 2 aromatic rings. The van der Waals surface area contributed by atoms with Crippen molar-refractivity contribution in [3.8, 4) is 5.75 Å². The van der Waals surface area contributed by atoms with Gasteiger partial charge in [0.1, 0.15) is 0 Å². The van der Waals surface area contributed by atoms with Crippen molar-refractivity contribution in [1.29, 1.82) is 0 Å². The molecule has 0 spiro atoms. The second-order valence-electron chi connectivity index (χ2n) is 4.27. The predicted octanol–water partition coefficient (Wildman–Crippen LogP) is 2.27. The van der Waals surface area contributed by atoms with Crippen molar-refractivity contribution in [1.82, 2.24) is 15.1 Å². The van der Waals surface area contributed by atoms with Crippen molar-refractivity contribution in [2.45, 2.75) is 13.0 Å². The van der Waals surface area contributed by atoms with E-state index in [9.17, 15) is 4.39 Å². The fourth-order valence-electron chi connectivity index (χ4n) is 2.07. The Morgan fingerprint density at radius 2 is 2.21 bits per heavy atom. The van der Waals surface area contributed by atoms with Crippen LogP contribution in [-0.4, -0.2) is 23.4 Å². The first kappa shape index (κ1) is 13.5. The van der Waals surface area contributed by atoms with E-state index in [2.05, 4.69) is 10.4 Å². The van der Waals surface area contributed by atoms with Crippen molar-refractivity contribution in [3.05, 3.63) is 47.5 Å². The van der Waals surface area contributed by atoms with Crippen LogP contribution in [0, 0.1) is 5.82 Å². The summed E-state index contributed by atoms with van der Waals surface area (Å²) in [6.45, 7) is 2.70. The van der Waals surface area contributed by atoms with Gasteiger partial charge in [-0.1, -0.05) is 19.1 Å². The van der Waals surface area contributed by atoms with Gasteiger partial charge >= 0.3 is 0 Å².